The van der Waals surface area contributed by atoms with Gasteiger partial charge in [0.2, 0.25) is 10.0 Å². The summed E-state index contributed by atoms with van der Waals surface area (Å²) in [6, 6.07) is 0. The van der Waals surface area contributed by atoms with Gasteiger partial charge in [0.1, 0.15) is 0 Å². The molecule has 6 heteroatoms. The zero-order valence-electron chi connectivity index (χ0n) is 10.5. The van der Waals surface area contributed by atoms with Crippen molar-refractivity contribution in [1.29, 1.82) is 0 Å². The summed E-state index contributed by atoms with van der Waals surface area (Å²) in [7, 11) is -3.30. The summed E-state index contributed by atoms with van der Waals surface area (Å²) in [5, 5.41) is 9.35. The summed E-state index contributed by atoms with van der Waals surface area (Å²) in [6.07, 6.45) is 5.90. The van der Waals surface area contributed by atoms with Crippen molar-refractivity contribution in [1.82, 2.24) is 4.72 Å². The number of carboxylic acids is 1. The molecule has 2 aliphatic carbocycles. The first-order valence-corrected chi connectivity index (χ1v) is 8.30. The van der Waals surface area contributed by atoms with E-state index in [2.05, 4.69) is 4.72 Å². The topological polar surface area (TPSA) is 83.5 Å². The van der Waals surface area contributed by atoms with E-state index < -0.39 is 21.4 Å². The van der Waals surface area contributed by atoms with Crippen molar-refractivity contribution in [2.24, 2.45) is 11.3 Å². The maximum atomic E-state index is 11.8. The minimum absolute atomic E-state index is 0.0530. The Balaban J connectivity index is 1.94. The summed E-state index contributed by atoms with van der Waals surface area (Å²) >= 11 is 0. The van der Waals surface area contributed by atoms with Crippen LogP contribution in [0.3, 0.4) is 0 Å². The van der Waals surface area contributed by atoms with E-state index >= 15 is 0 Å². The number of carbonyl (C=O) groups is 1. The molecular formula is C12H21NO4S. The molecule has 0 bridgehead atoms. The zero-order valence-corrected chi connectivity index (χ0v) is 11.3. The van der Waals surface area contributed by atoms with Gasteiger partial charge >= 0.3 is 5.97 Å². The number of carboxylic acid groups (broad SMARTS) is 1. The van der Waals surface area contributed by atoms with Crippen LogP contribution in [-0.4, -0.2) is 31.8 Å². The van der Waals surface area contributed by atoms with Gasteiger partial charge in [0.05, 0.1) is 11.2 Å². The van der Waals surface area contributed by atoms with Crippen molar-refractivity contribution < 1.29 is 18.3 Å². The number of aliphatic carboxylic acids is 1. The Morgan fingerprint density at radius 1 is 1.22 bits per heavy atom. The molecule has 0 amide bonds. The third-order valence-electron chi connectivity index (χ3n) is 4.05. The van der Waals surface area contributed by atoms with Crippen LogP contribution in [0.1, 0.15) is 44.9 Å². The van der Waals surface area contributed by atoms with Gasteiger partial charge in [-0.1, -0.05) is 19.3 Å². The summed E-state index contributed by atoms with van der Waals surface area (Å²) in [5.74, 6) is -0.422. The molecule has 0 aliphatic heterocycles. The molecule has 0 heterocycles. The lowest BCUT2D eigenvalue weighted by atomic mass is 9.74. The second-order valence-corrected chi connectivity index (χ2v) is 7.54. The molecule has 2 rings (SSSR count). The first-order valence-electron chi connectivity index (χ1n) is 6.64. The first kappa shape index (κ1) is 13.8. The fraction of sp³-hybridized carbons (Fsp3) is 0.917. The van der Waals surface area contributed by atoms with Crippen molar-refractivity contribution in [3.63, 3.8) is 0 Å². The largest absolute Gasteiger partial charge is 0.481 e. The van der Waals surface area contributed by atoms with Crippen LogP contribution in [0.15, 0.2) is 0 Å². The monoisotopic (exact) mass is 275 g/mol. The highest BCUT2D eigenvalue weighted by Gasteiger charge is 2.40. The number of hydrogen-bond donors (Lipinski definition) is 2. The molecule has 104 valence electrons. The molecule has 0 aromatic carbocycles. The molecule has 0 aromatic heterocycles. The Morgan fingerprint density at radius 2 is 1.83 bits per heavy atom. The second kappa shape index (κ2) is 5.17. The highest BCUT2D eigenvalue weighted by atomic mass is 32.2. The third kappa shape index (κ3) is 3.45. The quantitative estimate of drug-likeness (QED) is 0.766. The number of sulfonamides is 1. The van der Waals surface area contributed by atoms with Gasteiger partial charge in [-0.2, -0.15) is 0 Å². The Labute approximate surface area is 108 Å². The normalized spacial score (nSPS) is 23.8. The van der Waals surface area contributed by atoms with Gasteiger partial charge in [0, 0.05) is 6.54 Å². The first-order chi connectivity index (χ1) is 8.44. The molecule has 5 nitrogen and oxygen atoms in total. The van der Waals surface area contributed by atoms with E-state index in [0.717, 1.165) is 32.1 Å². The molecule has 0 aromatic rings. The Hall–Kier alpha value is -0.620. The van der Waals surface area contributed by atoms with Crippen LogP contribution in [0.25, 0.3) is 0 Å². The molecule has 2 N–H and O–H groups in total. The predicted octanol–water partition coefficient (Wildman–Crippen LogP) is 1.35. The van der Waals surface area contributed by atoms with E-state index in [4.69, 9.17) is 0 Å². The number of hydrogen-bond acceptors (Lipinski definition) is 3. The van der Waals surface area contributed by atoms with Gasteiger partial charge in [0.25, 0.3) is 0 Å². The van der Waals surface area contributed by atoms with Gasteiger partial charge < -0.3 is 5.11 Å². The average molecular weight is 275 g/mol. The van der Waals surface area contributed by atoms with Crippen molar-refractivity contribution >= 4 is 16.0 Å². The predicted molar refractivity (Wildman–Crippen MR) is 67.7 cm³/mol. The lowest BCUT2D eigenvalue weighted by Crippen LogP contribution is -2.45. The summed E-state index contributed by atoms with van der Waals surface area (Å²) < 4.78 is 26.1. The molecule has 0 radical (unpaired) electrons. The molecular weight excluding hydrogens is 254 g/mol. The minimum atomic E-state index is -3.30. The lowest BCUT2D eigenvalue weighted by molar-refractivity contribution is -0.150. The van der Waals surface area contributed by atoms with E-state index in [1.54, 1.807) is 0 Å². The second-order valence-electron chi connectivity index (χ2n) is 5.69. The summed E-state index contributed by atoms with van der Waals surface area (Å²) in [4.78, 5) is 11.4. The van der Waals surface area contributed by atoms with Crippen LogP contribution >= 0.6 is 0 Å². The number of rotatable bonds is 6. The average Bonchev–Trinajstić information content (AvgIpc) is 3.11. The van der Waals surface area contributed by atoms with Gasteiger partial charge in [-0.25, -0.2) is 13.1 Å². The smallest absolute Gasteiger partial charge is 0.310 e. The summed E-state index contributed by atoms with van der Waals surface area (Å²) in [6.45, 7) is 0.0530. The zero-order chi connectivity index (χ0) is 13.2. The van der Waals surface area contributed by atoms with Crippen molar-refractivity contribution in [3.05, 3.63) is 0 Å². The molecule has 2 fully saturated rings. The standard InChI is InChI=1S/C12H21NO4S/c14-11(15)12(6-2-1-3-7-12)9-13-18(16,17)8-10-4-5-10/h10,13H,1-9H2,(H,14,15). The van der Waals surface area contributed by atoms with E-state index in [0.29, 0.717) is 12.8 Å². The van der Waals surface area contributed by atoms with Gasteiger partial charge in [0.15, 0.2) is 0 Å². The minimum Gasteiger partial charge on any atom is -0.481 e. The van der Waals surface area contributed by atoms with Crippen molar-refractivity contribution in [3.8, 4) is 0 Å². The maximum Gasteiger partial charge on any atom is 0.310 e. The summed E-state index contributed by atoms with van der Waals surface area (Å²) in [5.41, 5.74) is -0.880. The van der Waals surface area contributed by atoms with E-state index in [1.165, 1.54) is 0 Å². The van der Waals surface area contributed by atoms with E-state index in [9.17, 15) is 18.3 Å². The Kier molecular flexibility index (Phi) is 3.96. The van der Waals surface area contributed by atoms with E-state index in [1.807, 2.05) is 0 Å². The molecule has 0 saturated heterocycles. The highest BCUT2D eigenvalue weighted by molar-refractivity contribution is 7.89. The SMILES string of the molecule is O=C(O)C1(CNS(=O)(=O)CC2CC2)CCCCC1. The third-order valence-corrected chi connectivity index (χ3v) is 5.54. The van der Waals surface area contributed by atoms with Gasteiger partial charge in [-0.15, -0.1) is 0 Å². The van der Waals surface area contributed by atoms with E-state index in [-0.39, 0.29) is 18.2 Å². The van der Waals surface area contributed by atoms with Crippen LogP contribution in [-0.2, 0) is 14.8 Å². The van der Waals surface area contributed by atoms with Crippen molar-refractivity contribution in [2.75, 3.05) is 12.3 Å². The molecule has 2 saturated carbocycles. The Morgan fingerprint density at radius 3 is 2.33 bits per heavy atom. The van der Waals surface area contributed by atoms with Crippen LogP contribution in [0, 0.1) is 11.3 Å². The molecule has 0 unspecified atom stereocenters. The van der Waals surface area contributed by atoms with Crippen LogP contribution < -0.4 is 4.72 Å². The molecule has 2 aliphatic rings. The fourth-order valence-electron chi connectivity index (χ4n) is 2.60. The fourth-order valence-corrected chi connectivity index (χ4v) is 4.16. The van der Waals surface area contributed by atoms with Gasteiger partial charge in [-0.3, -0.25) is 4.79 Å². The van der Waals surface area contributed by atoms with Crippen LogP contribution in [0.4, 0.5) is 0 Å². The molecule has 18 heavy (non-hydrogen) atoms. The maximum absolute atomic E-state index is 11.8. The number of nitrogens with one attached hydrogen (secondary N) is 1. The molecule has 0 spiro atoms. The molecule has 0 atom stereocenters. The Bertz CT molecular complexity index is 408. The van der Waals surface area contributed by atoms with Crippen LogP contribution in [0.5, 0.6) is 0 Å². The van der Waals surface area contributed by atoms with Crippen molar-refractivity contribution in [2.45, 2.75) is 44.9 Å². The lowest BCUT2D eigenvalue weighted by Gasteiger charge is -2.33. The van der Waals surface area contributed by atoms with Crippen LogP contribution in [0.2, 0.25) is 0 Å². The highest BCUT2D eigenvalue weighted by Crippen LogP contribution is 2.36. The van der Waals surface area contributed by atoms with Gasteiger partial charge in [-0.05, 0) is 31.6 Å².